The molecule has 0 amide bonds. The number of benzene rings is 2. The Morgan fingerprint density at radius 3 is 2.41 bits per heavy atom. The second-order valence-corrected chi connectivity index (χ2v) is 4.16. The molecule has 17 heavy (non-hydrogen) atoms. The number of rotatable bonds is 2. The molecule has 2 aromatic carbocycles. The van der Waals surface area contributed by atoms with Crippen LogP contribution in [0.1, 0.15) is 21.5 Å². The molecular formula is C14H10ClFO. The highest BCUT2D eigenvalue weighted by Crippen LogP contribution is 2.21. The van der Waals surface area contributed by atoms with Crippen LogP contribution >= 0.6 is 11.6 Å². The number of ketones is 1. The smallest absolute Gasteiger partial charge is 0.193 e. The van der Waals surface area contributed by atoms with E-state index < -0.39 is 0 Å². The van der Waals surface area contributed by atoms with Crippen LogP contribution in [0.4, 0.5) is 4.39 Å². The number of hydrogen-bond donors (Lipinski definition) is 0. The van der Waals surface area contributed by atoms with Gasteiger partial charge in [0.05, 0.1) is 0 Å². The zero-order valence-electron chi connectivity index (χ0n) is 9.21. The van der Waals surface area contributed by atoms with Gasteiger partial charge in [0.15, 0.2) is 5.78 Å². The Bertz CT molecular complexity index is 561. The highest BCUT2D eigenvalue weighted by Gasteiger charge is 2.12. The van der Waals surface area contributed by atoms with Crippen molar-refractivity contribution in [3.63, 3.8) is 0 Å². The van der Waals surface area contributed by atoms with Crippen molar-refractivity contribution in [2.24, 2.45) is 0 Å². The van der Waals surface area contributed by atoms with Gasteiger partial charge in [0, 0.05) is 16.1 Å². The summed E-state index contributed by atoms with van der Waals surface area (Å²) in [5.74, 6) is -0.505. The Kier molecular flexibility index (Phi) is 3.25. The molecule has 86 valence electrons. The van der Waals surface area contributed by atoms with E-state index in [2.05, 4.69) is 0 Å². The van der Waals surface area contributed by atoms with Crippen LogP contribution in [0.15, 0.2) is 42.5 Å². The monoisotopic (exact) mass is 248 g/mol. The summed E-state index contributed by atoms with van der Waals surface area (Å²) in [4.78, 5) is 12.1. The molecule has 0 atom stereocenters. The van der Waals surface area contributed by atoms with Crippen molar-refractivity contribution in [2.45, 2.75) is 6.92 Å². The molecule has 0 saturated heterocycles. The zero-order chi connectivity index (χ0) is 12.4. The molecule has 0 unspecified atom stereocenters. The van der Waals surface area contributed by atoms with Crippen LogP contribution in [-0.4, -0.2) is 5.78 Å². The van der Waals surface area contributed by atoms with Crippen molar-refractivity contribution in [3.05, 3.63) is 70.0 Å². The number of halogens is 2. The molecule has 1 nitrogen and oxygen atoms in total. The van der Waals surface area contributed by atoms with E-state index in [1.54, 1.807) is 25.1 Å². The van der Waals surface area contributed by atoms with E-state index in [0.29, 0.717) is 16.1 Å². The van der Waals surface area contributed by atoms with E-state index in [-0.39, 0.29) is 11.6 Å². The van der Waals surface area contributed by atoms with Gasteiger partial charge in [0.2, 0.25) is 0 Å². The first-order valence-electron chi connectivity index (χ1n) is 5.15. The van der Waals surface area contributed by atoms with Gasteiger partial charge in [-0.05, 0) is 42.8 Å². The molecule has 0 aliphatic heterocycles. The van der Waals surface area contributed by atoms with Crippen LogP contribution < -0.4 is 0 Å². The van der Waals surface area contributed by atoms with Crippen LogP contribution in [0.5, 0.6) is 0 Å². The Balaban J connectivity index is 2.44. The Hall–Kier alpha value is -1.67. The first-order valence-corrected chi connectivity index (χ1v) is 5.53. The number of carbonyl (C=O) groups is 1. The van der Waals surface area contributed by atoms with E-state index in [1.807, 2.05) is 0 Å². The Morgan fingerprint density at radius 1 is 1.12 bits per heavy atom. The van der Waals surface area contributed by atoms with Crippen molar-refractivity contribution < 1.29 is 9.18 Å². The van der Waals surface area contributed by atoms with Gasteiger partial charge in [-0.15, -0.1) is 0 Å². The van der Waals surface area contributed by atoms with Gasteiger partial charge >= 0.3 is 0 Å². The molecule has 0 N–H and O–H groups in total. The molecule has 2 rings (SSSR count). The lowest BCUT2D eigenvalue weighted by atomic mass is 9.99. The van der Waals surface area contributed by atoms with Crippen molar-refractivity contribution in [2.75, 3.05) is 0 Å². The predicted molar refractivity (Wildman–Crippen MR) is 66.0 cm³/mol. The molecule has 0 aliphatic rings. The van der Waals surface area contributed by atoms with Crippen LogP contribution in [0.3, 0.4) is 0 Å². The fourth-order valence-electron chi connectivity index (χ4n) is 1.61. The summed E-state index contributed by atoms with van der Waals surface area (Å²) in [7, 11) is 0. The molecule has 0 radical (unpaired) electrons. The summed E-state index contributed by atoms with van der Waals surface area (Å²) in [6.07, 6.45) is 0. The van der Waals surface area contributed by atoms with E-state index >= 15 is 0 Å². The third-order valence-corrected chi connectivity index (χ3v) is 3.03. The van der Waals surface area contributed by atoms with Crippen LogP contribution in [0.25, 0.3) is 0 Å². The second kappa shape index (κ2) is 4.68. The molecule has 0 aliphatic carbocycles. The minimum absolute atomic E-state index is 0.148. The van der Waals surface area contributed by atoms with Gasteiger partial charge in [-0.1, -0.05) is 23.7 Å². The lowest BCUT2D eigenvalue weighted by Gasteiger charge is -2.06. The summed E-state index contributed by atoms with van der Waals surface area (Å²) in [5, 5.41) is 0.554. The van der Waals surface area contributed by atoms with Gasteiger partial charge < -0.3 is 0 Å². The van der Waals surface area contributed by atoms with Crippen LogP contribution in [0, 0.1) is 12.7 Å². The first kappa shape index (κ1) is 11.8. The topological polar surface area (TPSA) is 17.1 Å². The van der Waals surface area contributed by atoms with Crippen LogP contribution in [0.2, 0.25) is 5.02 Å². The van der Waals surface area contributed by atoms with E-state index in [9.17, 15) is 9.18 Å². The fourth-order valence-corrected chi connectivity index (χ4v) is 1.78. The molecule has 0 heterocycles. The van der Waals surface area contributed by atoms with E-state index in [4.69, 9.17) is 11.6 Å². The summed E-state index contributed by atoms with van der Waals surface area (Å²) < 4.78 is 12.8. The maximum atomic E-state index is 12.8. The number of hydrogen-bond acceptors (Lipinski definition) is 1. The van der Waals surface area contributed by atoms with Gasteiger partial charge in [-0.2, -0.15) is 0 Å². The van der Waals surface area contributed by atoms with Gasteiger partial charge in [0.1, 0.15) is 5.82 Å². The standard InChI is InChI=1S/C14H10ClFO/c1-9-12(3-2-4-13(9)15)14(17)10-5-7-11(16)8-6-10/h2-8H,1H3. The van der Waals surface area contributed by atoms with E-state index in [0.717, 1.165) is 5.56 Å². The highest BCUT2D eigenvalue weighted by atomic mass is 35.5. The highest BCUT2D eigenvalue weighted by molar-refractivity contribution is 6.32. The Morgan fingerprint density at radius 2 is 1.76 bits per heavy atom. The minimum atomic E-state index is -0.357. The van der Waals surface area contributed by atoms with E-state index in [1.165, 1.54) is 24.3 Å². The number of carbonyl (C=O) groups excluding carboxylic acids is 1. The average Bonchev–Trinajstić information content (AvgIpc) is 2.33. The largest absolute Gasteiger partial charge is 0.289 e. The minimum Gasteiger partial charge on any atom is -0.289 e. The molecule has 2 aromatic rings. The normalized spacial score (nSPS) is 10.3. The molecule has 3 heteroatoms. The van der Waals surface area contributed by atoms with Crippen molar-refractivity contribution in [3.8, 4) is 0 Å². The molecule has 0 saturated carbocycles. The van der Waals surface area contributed by atoms with Gasteiger partial charge in [-0.25, -0.2) is 4.39 Å². The SMILES string of the molecule is Cc1c(Cl)cccc1C(=O)c1ccc(F)cc1. The van der Waals surface area contributed by atoms with Crippen molar-refractivity contribution in [1.82, 2.24) is 0 Å². The summed E-state index contributed by atoms with van der Waals surface area (Å²) in [5.41, 5.74) is 1.74. The summed E-state index contributed by atoms with van der Waals surface area (Å²) in [6.45, 7) is 1.79. The van der Waals surface area contributed by atoms with Crippen LogP contribution in [-0.2, 0) is 0 Å². The van der Waals surface area contributed by atoms with Gasteiger partial charge in [0.25, 0.3) is 0 Å². The quantitative estimate of drug-likeness (QED) is 0.734. The lowest BCUT2D eigenvalue weighted by molar-refractivity contribution is 0.103. The fraction of sp³-hybridized carbons (Fsp3) is 0.0714. The summed E-state index contributed by atoms with van der Waals surface area (Å²) in [6, 6.07) is 10.7. The maximum absolute atomic E-state index is 12.8. The molecule has 0 bridgehead atoms. The maximum Gasteiger partial charge on any atom is 0.193 e. The molecule has 0 spiro atoms. The molecule has 0 fully saturated rings. The third-order valence-electron chi connectivity index (χ3n) is 2.62. The summed E-state index contributed by atoms with van der Waals surface area (Å²) >= 11 is 5.96. The van der Waals surface area contributed by atoms with Crippen molar-refractivity contribution >= 4 is 17.4 Å². The first-order chi connectivity index (χ1) is 8.09. The van der Waals surface area contributed by atoms with Gasteiger partial charge in [-0.3, -0.25) is 4.79 Å². The molecular weight excluding hydrogens is 239 g/mol. The molecule has 0 aromatic heterocycles. The van der Waals surface area contributed by atoms with Crippen molar-refractivity contribution in [1.29, 1.82) is 0 Å². The second-order valence-electron chi connectivity index (χ2n) is 3.75. The average molecular weight is 249 g/mol. The predicted octanol–water partition coefficient (Wildman–Crippen LogP) is 4.02. The third kappa shape index (κ3) is 2.37. The zero-order valence-corrected chi connectivity index (χ0v) is 9.96. The lowest BCUT2D eigenvalue weighted by Crippen LogP contribution is -2.03. The Labute approximate surface area is 104 Å².